The average Bonchev–Trinajstić information content (AvgIpc) is 2.36. The van der Waals surface area contributed by atoms with Crippen LogP contribution in [0.2, 0.25) is 0 Å². The predicted molar refractivity (Wildman–Crippen MR) is 80.8 cm³/mol. The van der Waals surface area contributed by atoms with Crippen LogP contribution in [0.1, 0.15) is 42.7 Å². The molecule has 1 unspecified atom stereocenters. The fraction of sp³-hybridized carbons (Fsp3) is 0.600. The smallest absolute Gasteiger partial charge is 0.252 e. The van der Waals surface area contributed by atoms with Crippen molar-refractivity contribution in [1.29, 1.82) is 0 Å². The fourth-order valence-corrected chi connectivity index (χ4v) is 2.71. The highest BCUT2D eigenvalue weighted by Crippen LogP contribution is 2.30. The number of nitrogens with two attached hydrogens (primary N) is 1. The monoisotopic (exact) mass is 276 g/mol. The number of primary amides is 1. The maximum absolute atomic E-state index is 11.4. The Morgan fingerprint density at radius 3 is 2.95 bits per heavy atom. The van der Waals surface area contributed by atoms with Crippen molar-refractivity contribution in [3.8, 4) is 0 Å². The van der Waals surface area contributed by atoms with E-state index in [1.54, 1.807) is 12.1 Å². The third-order valence-corrected chi connectivity index (χ3v) is 4.11. The summed E-state index contributed by atoms with van der Waals surface area (Å²) >= 11 is 0. The predicted octanol–water partition coefficient (Wildman–Crippen LogP) is 1.68. The van der Waals surface area contributed by atoms with E-state index in [1.807, 2.05) is 6.92 Å². The molecule has 0 saturated carbocycles. The molecule has 1 amide bonds. The summed E-state index contributed by atoms with van der Waals surface area (Å²) in [6, 6.07) is 3.89. The van der Waals surface area contributed by atoms with Gasteiger partial charge >= 0.3 is 0 Å². The number of rotatable bonds is 4. The SMILES string of the molecule is Cc1ccc(C(N)=O)c(NCC2NCCCC2(C)C)n1. The number of amides is 1. The van der Waals surface area contributed by atoms with Gasteiger partial charge in [-0.3, -0.25) is 4.79 Å². The number of aromatic nitrogens is 1. The van der Waals surface area contributed by atoms with Gasteiger partial charge in [0.05, 0.1) is 5.56 Å². The van der Waals surface area contributed by atoms with Crippen molar-refractivity contribution in [2.24, 2.45) is 11.1 Å². The fourth-order valence-electron chi connectivity index (χ4n) is 2.71. The number of nitrogens with one attached hydrogen (secondary N) is 2. The Morgan fingerprint density at radius 1 is 1.55 bits per heavy atom. The Kier molecular flexibility index (Phi) is 4.28. The van der Waals surface area contributed by atoms with Gasteiger partial charge in [0, 0.05) is 18.3 Å². The first-order chi connectivity index (χ1) is 9.40. The molecule has 1 aliphatic rings. The summed E-state index contributed by atoms with van der Waals surface area (Å²) in [5.41, 5.74) is 6.95. The van der Waals surface area contributed by atoms with Gasteiger partial charge in [-0.1, -0.05) is 13.8 Å². The number of anilines is 1. The molecule has 2 heterocycles. The molecule has 1 fully saturated rings. The van der Waals surface area contributed by atoms with E-state index in [4.69, 9.17) is 5.73 Å². The summed E-state index contributed by atoms with van der Waals surface area (Å²) in [6.07, 6.45) is 2.41. The zero-order valence-electron chi connectivity index (χ0n) is 12.5. The van der Waals surface area contributed by atoms with Gasteiger partial charge in [-0.2, -0.15) is 0 Å². The zero-order chi connectivity index (χ0) is 14.8. The number of aryl methyl sites for hydroxylation is 1. The molecular formula is C15H24N4O. The second kappa shape index (κ2) is 5.79. The Labute approximate surface area is 120 Å². The topological polar surface area (TPSA) is 80.0 Å². The van der Waals surface area contributed by atoms with Crippen molar-refractivity contribution in [1.82, 2.24) is 10.3 Å². The van der Waals surface area contributed by atoms with Crippen LogP contribution < -0.4 is 16.4 Å². The first-order valence-corrected chi connectivity index (χ1v) is 7.15. The Hall–Kier alpha value is -1.62. The van der Waals surface area contributed by atoms with E-state index < -0.39 is 5.91 Å². The second-order valence-corrected chi connectivity index (χ2v) is 6.19. The molecule has 5 nitrogen and oxygen atoms in total. The molecule has 1 saturated heterocycles. The second-order valence-electron chi connectivity index (χ2n) is 6.19. The van der Waals surface area contributed by atoms with E-state index in [2.05, 4.69) is 29.5 Å². The molecule has 5 heteroatoms. The third kappa shape index (κ3) is 3.28. The van der Waals surface area contributed by atoms with Crippen molar-refractivity contribution in [2.75, 3.05) is 18.4 Å². The molecular weight excluding hydrogens is 252 g/mol. The van der Waals surface area contributed by atoms with Crippen molar-refractivity contribution in [2.45, 2.75) is 39.7 Å². The number of piperidine rings is 1. The van der Waals surface area contributed by atoms with Crippen LogP contribution in [0.5, 0.6) is 0 Å². The number of hydrogen-bond donors (Lipinski definition) is 3. The minimum Gasteiger partial charge on any atom is -0.368 e. The molecule has 20 heavy (non-hydrogen) atoms. The van der Waals surface area contributed by atoms with Crippen molar-refractivity contribution < 1.29 is 4.79 Å². The summed E-state index contributed by atoms with van der Waals surface area (Å²) in [7, 11) is 0. The molecule has 4 N–H and O–H groups in total. The van der Waals surface area contributed by atoms with E-state index in [-0.39, 0.29) is 5.41 Å². The van der Waals surface area contributed by atoms with Gasteiger partial charge in [0.2, 0.25) is 0 Å². The maximum Gasteiger partial charge on any atom is 0.252 e. The summed E-state index contributed by atoms with van der Waals surface area (Å²) in [5, 5.41) is 6.82. The molecule has 1 aromatic rings. The van der Waals surface area contributed by atoms with Crippen molar-refractivity contribution in [3.05, 3.63) is 23.4 Å². The van der Waals surface area contributed by atoms with Crippen LogP contribution in [0.25, 0.3) is 0 Å². The van der Waals surface area contributed by atoms with Gasteiger partial charge in [0.15, 0.2) is 0 Å². The minimum atomic E-state index is -0.448. The van der Waals surface area contributed by atoms with Crippen LogP contribution in [-0.4, -0.2) is 30.0 Å². The van der Waals surface area contributed by atoms with Crippen LogP contribution in [0, 0.1) is 12.3 Å². The van der Waals surface area contributed by atoms with Crippen molar-refractivity contribution in [3.63, 3.8) is 0 Å². The third-order valence-electron chi connectivity index (χ3n) is 4.11. The molecule has 1 atom stereocenters. The lowest BCUT2D eigenvalue weighted by molar-refractivity contribution is 0.100. The van der Waals surface area contributed by atoms with Gasteiger partial charge in [-0.05, 0) is 43.9 Å². The molecule has 0 aromatic carbocycles. The molecule has 1 aliphatic heterocycles. The van der Waals surface area contributed by atoms with Crippen LogP contribution in [0.3, 0.4) is 0 Å². The quantitative estimate of drug-likeness (QED) is 0.781. The van der Waals surface area contributed by atoms with Crippen molar-refractivity contribution >= 4 is 11.7 Å². The molecule has 0 aliphatic carbocycles. The number of carbonyl (C=O) groups excluding carboxylic acids is 1. The average molecular weight is 276 g/mol. The van der Waals surface area contributed by atoms with Crippen LogP contribution >= 0.6 is 0 Å². The standard InChI is InChI=1S/C15H24N4O/c1-10-5-6-11(13(16)20)14(19-10)18-9-12-15(2,3)7-4-8-17-12/h5-6,12,17H,4,7-9H2,1-3H3,(H2,16,20)(H,18,19). The number of pyridine rings is 1. The Morgan fingerprint density at radius 2 is 2.30 bits per heavy atom. The molecule has 2 rings (SSSR count). The van der Waals surface area contributed by atoms with E-state index in [0.29, 0.717) is 17.4 Å². The summed E-state index contributed by atoms with van der Waals surface area (Å²) < 4.78 is 0. The summed E-state index contributed by atoms with van der Waals surface area (Å²) in [6.45, 7) is 8.22. The minimum absolute atomic E-state index is 0.238. The first kappa shape index (κ1) is 14.8. The lowest BCUT2D eigenvalue weighted by atomic mass is 9.77. The van der Waals surface area contributed by atoms with E-state index in [1.165, 1.54) is 12.8 Å². The Balaban J connectivity index is 2.10. The lowest BCUT2D eigenvalue weighted by Gasteiger charge is -2.39. The number of nitrogens with zero attached hydrogens (tertiary/aromatic N) is 1. The van der Waals surface area contributed by atoms with Gasteiger partial charge < -0.3 is 16.4 Å². The summed E-state index contributed by atoms with van der Waals surface area (Å²) in [4.78, 5) is 15.8. The number of carbonyl (C=O) groups is 1. The van der Waals surface area contributed by atoms with Gasteiger partial charge in [-0.15, -0.1) is 0 Å². The molecule has 0 radical (unpaired) electrons. The van der Waals surface area contributed by atoms with Gasteiger partial charge in [0.1, 0.15) is 5.82 Å². The summed E-state index contributed by atoms with van der Waals surface area (Å²) in [5.74, 6) is 0.136. The highest BCUT2D eigenvalue weighted by atomic mass is 16.1. The highest BCUT2D eigenvalue weighted by Gasteiger charge is 2.31. The van der Waals surface area contributed by atoms with Gasteiger partial charge in [0.25, 0.3) is 5.91 Å². The van der Waals surface area contributed by atoms with E-state index in [0.717, 1.165) is 18.8 Å². The molecule has 0 bridgehead atoms. The zero-order valence-corrected chi connectivity index (χ0v) is 12.5. The first-order valence-electron chi connectivity index (χ1n) is 7.15. The van der Waals surface area contributed by atoms with Crippen LogP contribution in [0.15, 0.2) is 12.1 Å². The number of hydrogen-bond acceptors (Lipinski definition) is 4. The maximum atomic E-state index is 11.4. The molecule has 110 valence electrons. The molecule has 1 aromatic heterocycles. The highest BCUT2D eigenvalue weighted by molar-refractivity contribution is 5.97. The lowest BCUT2D eigenvalue weighted by Crippen LogP contribution is -2.50. The van der Waals surface area contributed by atoms with E-state index in [9.17, 15) is 4.79 Å². The van der Waals surface area contributed by atoms with Crippen LogP contribution in [0.4, 0.5) is 5.82 Å². The van der Waals surface area contributed by atoms with E-state index >= 15 is 0 Å². The Bertz CT molecular complexity index is 499. The molecule has 0 spiro atoms. The van der Waals surface area contributed by atoms with Gasteiger partial charge in [-0.25, -0.2) is 4.98 Å². The largest absolute Gasteiger partial charge is 0.368 e. The normalized spacial score (nSPS) is 21.4. The van der Waals surface area contributed by atoms with Crippen LogP contribution in [-0.2, 0) is 0 Å².